The number of rotatable bonds is 7. The zero-order chi connectivity index (χ0) is 15.4. The van der Waals surface area contributed by atoms with Crippen LogP contribution < -0.4 is 10.1 Å². The van der Waals surface area contributed by atoms with Crippen LogP contribution in [0.5, 0.6) is 5.75 Å². The van der Waals surface area contributed by atoms with Crippen molar-refractivity contribution in [3.63, 3.8) is 0 Å². The van der Waals surface area contributed by atoms with E-state index in [4.69, 9.17) is 10.00 Å². The summed E-state index contributed by atoms with van der Waals surface area (Å²) in [5.74, 6) is 0.503. The maximum atomic E-state index is 10.7. The van der Waals surface area contributed by atoms with Crippen LogP contribution in [-0.4, -0.2) is 23.6 Å². The van der Waals surface area contributed by atoms with Gasteiger partial charge in [-0.15, -0.1) is 0 Å². The smallest absolute Gasteiger partial charge is 0.271 e. The standard InChI is InChI=1S/C13H13Br2N3O3/c14-11-5-10(18(19)20)6-12(15)13(11)21-4-3-9(7-16)17-8-1-2-8/h5-6,8-9,17H,1-4H2. The van der Waals surface area contributed by atoms with Crippen LogP contribution in [0.4, 0.5) is 5.69 Å². The van der Waals surface area contributed by atoms with E-state index in [1.54, 1.807) is 0 Å². The minimum Gasteiger partial charge on any atom is -0.491 e. The normalized spacial score (nSPS) is 15.3. The van der Waals surface area contributed by atoms with Gasteiger partial charge < -0.3 is 4.74 Å². The van der Waals surface area contributed by atoms with E-state index in [0.717, 1.165) is 12.8 Å². The average Bonchev–Trinajstić information content (AvgIpc) is 3.24. The number of nitro benzene ring substituents is 1. The first-order valence-electron chi connectivity index (χ1n) is 6.43. The van der Waals surface area contributed by atoms with Crippen molar-refractivity contribution in [2.45, 2.75) is 31.3 Å². The molecule has 0 saturated heterocycles. The monoisotopic (exact) mass is 417 g/mol. The van der Waals surface area contributed by atoms with Crippen molar-refractivity contribution in [2.24, 2.45) is 0 Å². The molecule has 1 N–H and O–H groups in total. The fourth-order valence-electron chi connectivity index (χ4n) is 1.79. The number of hydrogen-bond donors (Lipinski definition) is 1. The van der Waals surface area contributed by atoms with Crippen LogP contribution in [0.1, 0.15) is 19.3 Å². The van der Waals surface area contributed by atoms with Crippen LogP contribution in [0, 0.1) is 21.4 Å². The molecule has 2 rings (SSSR count). The van der Waals surface area contributed by atoms with Gasteiger partial charge in [0.1, 0.15) is 5.75 Å². The van der Waals surface area contributed by atoms with Gasteiger partial charge in [0.2, 0.25) is 0 Å². The first-order chi connectivity index (χ1) is 10.0. The van der Waals surface area contributed by atoms with Gasteiger partial charge in [0.05, 0.1) is 32.6 Å². The lowest BCUT2D eigenvalue weighted by molar-refractivity contribution is -0.385. The van der Waals surface area contributed by atoms with Gasteiger partial charge in [0, 0.05) is 24.6 Å². The van der Waals surface area contributed by atoms with Crippen LogP contribution >= 0.6 is 31.9 Å². The molecule has 1 aliphatic carbocycles. The van der Waals surface area contributed by atoms with Crippen LogP contribution in [0.15, 0.2) is 21.1 Å². The number of nitriles is 1. The Hall–Kier alpha value is -1.17. The highest BCUT2D eigenvalue weighted by Crippen LogP contribution is 2.37. The van der Waals surface area contributed by atoms with Crippen molar-refractivity contribution >= 4 is 37.5 Å². The summed E-state index contributed by atoms with van der Waals surface area (Å²) in [6.07, 6.45) is 2.81. The number of halogens is 2. The first kappa shape index (κ1) is 16.2. The first-order valence-corrected chi connectivity index (χ1v) is 8.01. The molecule has 1 unspecified atom stereocenters. The average molecular weight is 419 g/mol. The van der Waals surface area contributed by atoms with Crippen molar-refractivity contribution < 1.29 is 9.66 Å². The Morgan fingerprint density at radius 2 is 2.10 bits per heavy atom. The SMILES string of the molecule is N#CC(CCOc1c(Br)cc([N+](=O)[O-])cc1Br)NC1CC1. The molecule has 0 aliphatic heterocycles. The Morgan fingerprint density at radius 3 is 2.57 bits per heavy atom. The predicted octanol–water partition coefficient (Wildman–Crippen LogP) is 3.53. The molecule has 8 heteroatoms. The second kappa shape index (κ2) is 7.20. The minimum atomic E-state index is -0.468. The Balaban J connectivity index is 1.93. The van der Waals surface area contributed by atoms with Gasteiger partial charge in [0.25, 0.3) is 5.69 Å². The Kier molecular flexibility index (Phi) is 5.56. The second-order valence-corrected chi connectivity index (χ2v) is 6.46. The molecule has 1 fully saturated rings. The van der Waals surface area contributed by atoms with Gasteiger partial charge >= 0.3 is 0 Å². The molecule has 1 atom stereocenters. The minimum absolute atomic E-state index is 0.0219. The van der Waals surface area contributed by atoms with Gasteiger partial charge in [-0.05, 0) is 44.7 Å². The van der Waals surface area contributed by atoms with Gasteiger partial charge in [-0.1, -0.05) is 0 Å². The number of non-ortho nitro benzene ring substituents is 1. The summed E-state index contributed by atoms with van der Waals surface area (Å²) in [6, 6.07) is 5.23. The number of hydrogen-bond acceptors (Lipinski definition) is 5. The topological polar surface area (TPSA) is 88.2 Å². The van der Waals surface area contributed by atoms with Crippen molar-refractivity contribution in [1.29, 1.82) is 5.26 Å². The van der Waals surface area contributed by atoms with Crippen LogP contribution in [0.3, 0.4) is 0 Å². The molecule has 21 heavy (non-hydrogen) atoms. The van der Waals surface area contributed by atoms with Gasteiger partial charge in [-0.25, -0.2) is 0 Å². The zero-order valence-electron chi connectivity index (χ0n) is 11.0. The second-order valence-electron chi connectivity index (χ2n) is 4.76. The maximum Gasteiger partial charge on any atom is 0.271 e. The third-order valence-corrected chi connectivity index (χ3v) is 4.19. The van der Waals surface area contributed by atoms with Gasteiger partial charge in [-0.3, -0.25) is 15.4 Å². The highest BCUT2D eigenvalue weighted by Gasteiger charge is 2.24. The summed E-state index contributed by atoms with van der Waals surface area (Å²) in [6.45, 7) is 0.354. The molecule has 0 heterocycles. The Bertz CT molecular complexity index is 562. The maximum absolute atomic E-state index is 10.7. The molecule has 0 bridgehead atoms. The molecule has 0 spiro atoms. The number of nitro groups is 1. The van der Waals surface area contributed by atoms with Crippen LogP contribution in [-0.2, 0) is 0 Å². The molecular formula is C13H13Br2N3O3. The van der Waals surface area contributed by atoms with E-state index < -0.39 is 4.92 Å². The summed E-state index contributed by atoms with van der Waals surface area (Å²) >= 11 is 6.52. The summed E-state index contributed by atoms with van der Waals surface area (Å²) in [4.78, 5) is 10.3. The molecule has 0 amide bonds. The van der Waals surface area contributed by atoms with Crippen molar-refractivity contribution in [1.82, 2.24) is 5.32 Å². The largest absolute Gasteiger partial charge is 0.491 e. The molecule has 0 radical (unpaired) electrons. The lowest BCUT2D eigenvalue weighted by Crippen LogP contribution is -2.31. The summed E-state index contributed by atoms with van der Waals surface area (Å²) < 4.78 is 6.64. The lowest BCUT2D eigenvalue weighted by Gasteiger charge is -2.13. The lowest BCUT2D eigenvalue weighted by atomic mass is 10.2. The van der Waals surface area contributed by atoms with Crippen molar-refractivity contribution in [2.75, 3.05) is 6.61 Å². The molecule has 0 aromatic heterocycles. The predicted molar refractivity (Wildman–Crippen MR) is 84.2 cm³/mol. The molecule has 6 nitrogen and oxygen atoms in total. The number of benzene rings is 1. The highest BCUT2D eigenvalue weighted by molar-refractivity contribution is 9.11. The van der Waals surface area contributed by atoms with E-state index in [0.29, 0.717) is 33.8 Å². The zero-order valence-corrected chi connectivity index (χ0v) is 14.2. The third-order valence-electron chi connectivity index (χ3n) is 3.02. The van der Waals surface area contributed by atoms with Crippen LogP contribution in [0.25, 0.3) is 0 Å². The summed E-state index contributed by atoms with van der Waals surface area (Å²) in [7, 11) is 0. The fraction of sp³-hybridized carbons (Fsp3) is 0.462. The van der Waals surface area contributed by atoms with Crippen LogP contribution in [0.2, 0.25) is 0 Å². The molecule has 112 valence electrons. The highest BCUT2D eigenvalue weighted by atomic mass is 79.9. The Morgan fingerprint density at radius 1 is 1.48 bits per heavy atom. The number of ether oxygens (including phenoxy) is 1. The molecule has 1 aromatic rings. The quantitative estimate of drug-likeness (QED) is 0.540. The van der Waals surface area contributed by atoms with E-state index in [1.807, 2.05) is 0 Å². The molecular weight excluding hydrogens is 406 g/mol. The number of nitrogens with one attached hydrogen (secondary N) is 1. The third kappa shape index (κ3) is 4.66. The summed E-state index contributed by atoms with van der Waals surface area (Å²) in [5, 5.41) is 23.0. The van der Waals surface area contributed by atoms with Crippen molar-refractivity contribution in [3.8, 4) is 11.8 Å². The van der Waals surface area contributed by atoms with Crippen molar-refractivity contribution in [3.05, 3.63) is 31.2 Å². The van der Waals surface area contributed by atoms with E-state index in [9.17, 15) is 10.1 Å². The number of nitrogens with zero attached hydrogens (tertiary/aromatic N) is 2. The molecule has 1 saturated carbocycles. The molecule has 1 aliphatic rings. The van der Waals surface area contributed by atoms with Gasteiger partial charge in [0.15, 0.2) is 0 Å². The molecule has 1 aromatic carbocycles. The van der Waals surface area contributed by atoms with E-state index >= 15 is 0 Å². The Labute approximate surface area is 138 Å². The van der Waals surface area contributed by atoms with E-state index in [-0.39, 0.29) is 11.7 Å². The fourth-order valence-corrected chi connectivity index (χ4v) is 3.18. The van der Waals surface area contributed by atoms with E-state index in [1.165, 1.54) is 12.1 Å². The van der Waals surface area contributed by atoms with Gasteiger partial charge in [-0.2, -0.15) is 5.26 Å². The van der Waals surface area contributed by atoms with E-state index in [2.05, 4.69) is 43.2 Å². The summed E-state index contributed by atoms with van der Waals surface area (Å²) in [5.41, 5.74) is -0.0219.